The lowest BCUT2D eigenvalue weighted by atomic mass is 10.0. The van der Waals surface area contributed by atoms with E-state index >= 15 is 0 Å². The predicted molar refractivity (Wildman–Crippen MR) is 53.8 cm³/mol. The number of benzene rings is 1. The minimum Gasteiger partial charge on any atom is -0.271 e. The van der Waals surface area contributed by atoms with Crippen LogP contribution in [-0.4, -0.2) is 0 Å². The number of hydrogen-bond acceptors (Lipinski definition) is 2. The maximum Gasteiger partial charge on any atom is 0.123 e. The SMILES string of the molecule is NNC(CC1CC1)c1ccc(F)cc1. The fraction of sp³-hybridized carbons (Fsp3) is 0.455. The molecular weight excluding hydrogens is 179 g/mol. The monoisotopic (exact) mass is 194 g/mol. The van der Waals surface area contributed by atoms with Crippen LogP contribution in [0.3, 0.4) is 0 Å². The first-order chi connectivity index (χ1) is 6.79. The average molecular weight is 194 g/mol. The van der Waals surface area contributed by atoms with Crippen molar-refractivity contribution < 1.29 is 4.39 Å². The van der Waals surface area contributed by atoms with Crippen LogP contribution in [0.2, 0.25) is 0 Å². The minimum absolute atomic E-state index is 0.170. The highest BCUT2D eigenvalue weighted by molar-refractivity contribution is 5.20. The third-order valence-electron chi connectivity index (χ3n) is 2.74. The molecule has 2 rings (SSSR count). The minimum atomic E-state index is -0.198. The standard InChI is InChI=1S/C11H15FN2/c12-10-5-3-9(4-6-10)11(14-13)7-8-1-2-8/h3-6,8,11,14H,1-2,7,13H2. The Morgan fingerprint density at radius 2 is 2.00 bits per heavy atom. The normalized spacial score (nSPS) is 18.1. The summed E-state index contributed by atoms with van der Waals surface area (Å²) in [5, 5.41) is 0. The third kappa shape index (κ3) is 2.30. The van der Waals surface area contributed by atoms with Gasteiger partial charge in [-0.05, 0) is 30.0 Å². The molecule has 2 nitrogen and oxygen atoms in total. The largest absolute Gasteiger partial charge is 0.271 e. The van der Waals surface area contributed by atoms with Crippen LogP contribution in [0.25, 0.3) is 0 Å². The highest BCUT2D eigenvalue weighted by Crippen LogP contribution is 2.37. The lowest BCUT2D eigenvalue weighted by Crippen LogP contribution is -2.28. The number of halogens is 1. The Balaban J connectivity index is 2.05. The van der Waals surface area contributed by atoms with Crippen LogP contribution in [0.5, 0.6) is 0 Å². The van der Waals surface area contributed by atoms with E-state index in [0.717, 1.165) is 17.9 Å². The number of rotatable bonds is 4. The fourth-order valence-corrected chi connectivity index (χ4v) is 1.68. The molecule has 0 heterocycles. The molecule has 14 heavy (non-hydrogen) atoms. The summed E-state index contributed by atoms with van der Waals surface area (Å²) in [7, 11) is 0. The second-order valence-electron chi connectivity index (χ2n) is 3.95. The van der Waals surface area contributed by atoms with Gasteiger partial charge in [-0.1, -0.05) is 25.0 Å². The summed E-state index contributed by atoms with van der Waals surface area (Å²) >= 11 is 0. The molecule has 0 saturated heterocycles. The second kappa shape index (κ2) is 4.07. The summed E-state index contributed by atoms with van der Waals surface area (Å²) in [5.74, 6) is 6.08. The summed E-state index contributed by atoms with van der Waals surface area (Å²) in [6.07, 6.45) is 3.67. The summed E-state index contributed by atoms with van der Waals surface area (Å²) in [6, 6.07) is 6.71. The van der Waals surface area contributed by atoms with Gasteiger partial charge in [0.1, 0.15) is 5.82 Å². The van der Waals surface area contributed by atoms with E-state index in [2.05, 4.69) is 5.43 Å². The van der Waals surface area contributed by atoms with Crippen molar-refractivity contribution in [1.29, 1.82) is 0 Å². The zero-order valence-corrected chi connectivity index (χ0v) is 8.04. The molecule has 1 fully saturated rings. The predicted octanol–water partition coefficient (Wildman–Crippen LogP) is 2.13. The zero-order valence-electron chi connectivity index (χ0n) is 8.04. The van der Waals surface area contributed by atoms with Crippen LogP contribution in [0.1, 0.15) is 30.9 Å². The molecule has 0 aliphatic heterocycles. The van der Waals surface area contributed by atoms with Crippen molar-refractivity contribution in [1.82, 2.24) is 5.43 Å². The van der Waals surface area contributed by atoms with Gasteiger partial charge in [0.25, 0.3) is 0 Å². The third-order valence-corrected chi connectivity index (χ3v) is 2.74. The maximum atomic E-state index is 12.7. The van der Waals surface area contributed by atoms with Crippen molar-refractivity contribution in [2.45, 2.75) is 25.3 Å². The van der Waals surface area contributed by atoms with Gasteiger partial charge in [-0.25, -0.2) is 4.39 Å². The molecule has 1 unspecified atom stereocenters. The van der Waals surface area contributed by atoms with Crippen LogP contribution < -0.4 is 11.3 Å². The van der Waals surface area contributed by atoms with Gasteiger partial charge >= 0.3 is 0 Å². The number of hydrogen-bond donors (Lipinski definition) is 2. The first kappa shape index (κ1) is 9.62. The Kier molecular flexibility index (Phi) is 2.79. The maximum absolute atomic E-state index is 12.7. The molecule has 1 saturated carbocycles. The van der Waals surface area contributed by atoms with E-state index in [4.69, 9.17) is 5.84 Å². The van der Waals surface area contributed by atoms with Crippen molar-refractivity contribution in [3.8, 4) is 0 Å². The van der Waals surface area contributed by atoms with Crippen molar-refractivity contribution in [2.75, 3.05) is 0 Å². The van der Waals surface area contributed by atoms with Crippen LogP contribution in [0.15, 0.2) is 24.3 Å². The Labute approximate surface area is 83.3 Å². The molecule has 1 atom stereocenters. The van der Waals surface area contributed by atoms with Gasteiger partial charge in [0, 0.05) is 6.04 Å². The van der Waals surface area contributed by atoms with E-state index in [9.17, 15) is 4.39 Å². The summed E-state index contributed by atoms with van der Waals surface area (Å²) in [4.78, 5) is 0. The van der Waals surface area contributed by atoms with E-state index in [1.54, 1.807) is 12.1 Å². The number of nitrogens with one attached hydrogen (secondary N) is 1. The summed E-state index contributed by atoms with van der Waals surface area (Å²) < 4.78 is 12.7. The fourth-order valence-electron chi connectivity index (χ4n) is 1.68. The molecule has 0 bridgehead atoms. The van der Waals surface area contributed by atoms with E-state index in [1.807, 2.05) is 0 Å². The quantitative estimate of drug-likeness (QED) is 0.569. The van der Waals surface area contributed by atoms with E-state index in [-0.39, 0.29) is 11.9 Å². The van der Waals surface area contributed by atoms with E-state index < -0.39 is 0 Å². The Bertz CT molecular complexity index is 293. The Hall–Kier alpha value is -0.930. The molecule has 1 aromatic carbocycles. The second-order valence-corrected chi connectivity index (χ2v) is 3.95. The molecule has 0 spiro atoms. The van der Waals surface area contributed by atoms with Gasteiger partial charge in [0.2, 0.25) is 0 Å². The van der Waals surface area contributed by atoms with Crippen LogP contribution in [-0.2, 0) is 0 Å². The first-order valence-corrected chi connectivity index (χ1v) is 5.01. The molecule has 1 aliphatic rings. The van der Waals surface area contributed by atoms with Gasteiger partial charge in [0.05, 0.1) is 0 Å². The molecule has 0 aromatic heterocycles. The van der Waals surface area contributed by atoms with Crippen molar-refractivity contribution in [3.63, 3.8) is 0 Å². The lowest BCUT2D eigenvalue weighted by molar-refractivity contribution is 0.486. The van der Waals surface area contributed by atoms with Crippen LogP contribution in [0, 0.1) is 11.7 Å². The molecule has 0 radical (unpaired) electrons. The molecule has 1 aromatic rings. The molecule has 3 heteroatoms. The topological polar surface area (TPSA) is 38.0 Å². The highest BCUT2D eigenvalue weighted by Gasteiger charge is 2.25. The lowest BCUT2D eigenvalue weighted by Gasteiger charge is -2.15. The van der Waals surface area contributed by atoms with Gasteiger partial charge < -0.3 is 0 Å². The number of nitrogens with two attached hydrogens (primary N) is 1. The smallest absolute Gasteiger partial charge is 0.123 e. The molecule has 76 valence electrons. The number of hydrazine groups is 1. The van der Waals surface area contributed by atoms with Gasteiger partial charge in [-0.2, -0.15) is 0 Å². The van der Waals surface area contributed by atoms with Gasteiger partial charge in [-0.15, -0.1) is 0 Å². The van der Waals surface area contributed by atoms with Crippen molar-refractivity contribution in [3.05, 3.63) is 35.6 Å². The molecule has 1 aliphatic carbocycles. The highest BCUT2D eigenvalue weighted by atomic mass is 19.1. The summed E-state index contributed by atoms with van der Waals surface area (Å²) in [5.41, 5.74) is 3.86. The van der Waals surface area contributed by atoms with Crippen LogP contribution >= 0.6 is 0 Å². The van der Waals surface area contributed by atoms with Gasteiger partial charge in [-0.3, -0.25) is 11.3 Å². The van der Waals surface area contributed by atoms with E-state index in [1.165, 1.54) is 25.0 Å². The van der Waals surface area contributed by atoms with Crippen LogP contribution in [0.4, 0.5) is 4.39 Å². The van der Waals surface area contributed by atoms with Gasteiger partial charge in [0.15, 0.2) is 0 Å². The zero-order chi connectivity index (χ0) is 9.97. The average Bonchev–Trinajstić information content (AvgIpc) is 3.00. The molecular formula is C11H15FN2. The van der Waals surface area contributed by atoms with E-state index in [0.29, 0.717) is 0 Å². The molecule has 0 amide bonds. The van der Waals surface area contributed by atoms with Crippen molar-refractivity contribution in [2.24, 2.45) is 11.8 Å². The summed E-state index contributed by atoms with van der Waals surface area (Å²) in [6.45, 7) is 0. The first-order valence-electron chi connectivity index (χ1n) is 5.01. The van der Waals surface area contributed by atoms with Crippen molar-refractivity contribution >= 4 is 0 Å². The Morgan fingerprint density at radius 3 is 2.50 bits per heavy atom. The Morgan fingerprint density at radius 1 is 1.36 bits per heavy atom. The molecule has 3 N–H and O–H groups in total.